The van der Waals surface area contributed by atoms with E-state index in [-0.39, 0.29) is 0 Å². The Bertz CT molecular complexity index is 534. The number of guanidine groups is 1. The van der Waals surface area contributed by atoms with Crippen LogP contribution in [0.15, 0.2) is 4.99 Å². The Morgan fingerprint density at radius 2 is 2.04 bits per heavy atom. The first-order valence-corrected chi connectivity index (χ1v) is 9.53. The lowest BCUT2D eigenvalue weighted by Crippen LogP contribution is -2.43. The van der Waals surface area contributed by atoms with Crippen molar-refractivity contribution in [3.05, 3.63) is 11.6 Å². The van der Waals surface area contributed by atoms with E-state index in [0.29, 0.717) is 25.1 Å². The molecule has 1 saturated carbocycles. The van der Waals surface area contributed by atoms with Gasteiger partial charge in [0, 0.05) is 26.2 Å². The highest BCUT2D eigenvalue weighted by Crippen LogP contribution is 2.17. The van der Waals surface area contributed by atoms with E-state index in [1.54, 1.807) is 0 Å². The number of aromatic nitrogens is 3. The third-order valence-corrected chi connectivity index (χ3v) is 4.64. The molecule has 0 bridgehead atoms. The molecule has 0 atom stereocenters. The van der Waals surface area contributed by atoms with Crippen LogP contribution in [0, 0.1) is 12.8 Å². The molecule has 1 aliphatic rings. The predicted molar refractivity (Wildman–Crippen MR) is 101 cm³/mol. The van der Waals surface area contributed by atoms with Crippen molar-refractivity contribution in [3.8, 4) is 0 Å². The van der Waals surface area contributed by atoms with Crippen molar-refractivity contribution in [2.45, 2.75) is 65.5 Å². The van der Waals surface area contributed by atoms with Crippen LogP contribution in [0.5, 0.6) is 0 Å². The van der Waals surface area contributed by atoms with Gasteiger partial charge in [-0.1, -0.05) is 26.7 Å². The maximum atomic E-state index is 5.68. The maximum absolute atomic E-state index is 5.68. The van der Waals surface area contributed by atoms with Crippen LogP contribution in [0.3, 0.4) is 0 Å². The first-order valence-electron chi connectivity index (χ1n) is 9.53. The zero-order valence-electron chi connectivity index (χ0n) is 16.2. The van der Waals surface area contributed by atoms with E-state index in [1.165, 1.54) is 25.7 Å². The molecule has 0 aromatic carbocycles. The van der Waals surface area contributed by atoms with Gasteiger partial charge in [0.2, 0.25) is 0 Å². The van der Waals surface area contributed by atoms with Crippen LogP contribution in [0.4, 0.5) is 0 Å². The van der Waals surface area contributed by atoms with Crippen LogP contribution in [0.2, 0.25) is 0 Å². The summed E-state index contributed by atoms with van der Waals surface area (Å²) in [6, 6.07) is 0.523. The van der Waals surface area contributed by atoms with E-state index in [4.69, 9.17) is 9.73 Å². The molecule has 1 heterocycles. The fraction of sp³-hybridized carbons (Fsp3) is 0.833. The van der Waals surface area contributed by atoms with Gasteiger partial charge in [-0.3, -0.25) is 0 Å². The Hall–Kier alpha value is -1.63. The molecule has 0 saturated heterocycles. The predicted octanol–water partition coefficient (Wildman–Crippen LogP) is 2.16. The summed E-state index contributed by atoms with van der Waals surface area (Å²) in [5.74, 6) is 3.31. The maximum Gasteiger partial charge on any atom is 0.192 e. The van der Waals surface area contributed by atoms with E-state index in [1.807, 2.05) is 18.5 Å². The van der Waals surface area contributed by atoms with Crippen molar-refractivity contribution >= 4 is 5.96 Å². The fourth-order valence-corrected chi connectivity index (χ4v) is 2.82. The van der Waals surface area contributed by atoms with Crippen molar-refractivity contribution < 1.29 is 4.74 Å². The second-order valence-corrected chi connectivity index (χ2v) is 7.23. The molecule has 1 fully saturated rings. The summed E-state index contributed by atoms with van der Waals surface area (Å²) in [6.07, 6.45) is 6.13. The molecule has 0 radical (unpaired) electrons. The van der Waals surface area contributed by atoms with E-state index in [9.17, 15) is 0 Å². The lowest BCUT2D eigenvalue weighted by Gasteiger charge is -2.17. The number of rotatable bonds is 9. The summed E-state index contributed by atoms with van der Waals surface area (Å²) in [6.45, 7) is 9.17. The summed E-state index contributed by atoms with van der Waals surface area (Å²) in [4.78, 5) is 4.69. The summed E-state index contributed by atoms with van der Waals surface area (Å²) in [7, 11) is 1.97. The molecule has 0 aliphatic heterocycles. The Labute approximate surface area is 151 Å². The minimum Gasteiger partial charge on any atom is -0.380 e. The molecule has 0 amide bonds. The second-order valence-electron chi connectivity index (χ2n) is 7.23. The number of ether oxygens (including phenoxy) is 1. The minimum atomic E-state index is 0.521. The van der Waals surface area contributed by atoms with Crippen LogP contribution in [-0.2, 0) is 18.3 Å². The fourth-order valence-electron chi connectivity index (χ4n) is 2.82. The topological polar surface area (TPSA) is 76.4 Å². The number of hydrogen-bond donors (Lipinski definition) is 2. The highest BCUT2D eigenvalue weighted by Gasteiger charge is 2.16. The molecular weight excluding hydrogens is 316 g/mol. The van der Waals surface area contributed by atoms with Crippen molar-refractivity contribution in [1.82, 2.24) is 25.4 Å². The Kier molecular flexibility index (Phi) is 8.18. The first-order chi connectivity index (χ1) is 12.1. The standard InChI is InChI=1S/C18H34N6O/c1-14(2)9-11-25-12-10-19-18(21-16-7-5-6-8-16)20-13-17-23-22-15(3)24(17)4/h14,16H,5-13H2,1-4H3,(H2,19,20,21). The van der Waals surface area contributed by atoms with Crippen LogP contribution < -0.4 is 10.6 Å². The number of aliphatic imine (C=N–C) groups is 1. The number of hydrogen-bond acceptors (Lipinski definition) is 4. The lowest BCUT2D eigenvalue weighted by molar-refractivity contribution is 0.128. The van der Waals surface area contributed by atoms with Gasteiger partial charge in [-0.15, -0.1) is 10.2 Å². The van der Waals surface area contributed by atoms with E-state index in [0.717, 1.165) is 37.2 Å². The summed E-state index contributed by atoms with van der Waals surface area (Å²) in [5, 5.41) is 15.2. The molecule has 0 spiro atoms. The molecular formula is C18H34N6O. The zero-order chi connectivity index (χ0) is 18.1. The van der Waals surface area contributed by atoms with Gasteiger partial charge in [-0.25, -0.2) is 4.99 Å². The van der Waals surface area contributed by atoms with Crippen LogP contribution >= 0.6 is 0 Å². The molecule has 25 heavy (non-hydrogen) atoms. The second kappa shape index (κ2) is 10.4. The van der Waals surface area contributed by atoms with Crippen LogP contribution in [0.1, 0.15) is 57.6 Å². The van der Waals surface area contributed by atoms with Gasteiger partial charge in [0.1, 0.15) is 12.4 Å². The Morgan fingerprint density at radius 1 is 1.28 bits per heavy atom. The molecule has 142 valence electrons. The average Bonchev–Trinajstić information content (AvgIpc) is 3.19. The Balaban J connectivity index is 1.81. The van der Waals surface area contributed by atoms with Crippen molar-refractivity contribution in [3.63, 3.8) is 0 Å². The highest BCUT2D eigenvalue weighted by molar-refractivity contribution is 5.80. The van der Waals surface area contributed by atoms with Crippen molar-refractivity contribution in [1.29, 1.82) is 0 Å². The van der Waals surface area contributed by atoms with E-state index < -0.39 is 0 Å². The number of nitrogens with zero attached hydrogens (tertiary/aromatic N) is 4. The largest absolute Gasteiger partial charge is 0.380 e. The average molecular weight is 351 g/mol. The number of aryl methyl sites for hydroxylation is 1. The van der Waals surface area contributed by atoms with Gasteiger partial charge < -0.3 is 19.9 Å². The molecule has 1 aromatic heterocycles. The van der Waals surface area contributed by atoms with Crippen LogP contribution in [-0.4, -0.2) is 46.5 Å². The third-order valence-electron chi connectivity index (χ3n) is 4.64. The van der Waals surface area contributed by atoms with Gasteiger partial charge in [0.15, 0.2) is 11.8 Å². The lowest BCUT2D eigenvalue weighted by atomic mass is 10.1. The molecule has 0 unspecified atom stereocenters. The van der Waals surface area contributed by atoms with Crippen molar-refractivity contribution in [2.24, 2.45) is 18.0 Å². The first kappa shape index (κ1) is 19.7. The quantitative estimate of drug-likeness (QED) is 0.405. The molecule has 2 rings (SSSR count). The summed E-state index contributed by atoms with van der Waals surface area (Å²) >= 11 is 0. The normalized spacial score (nSPS) is 16.0. The third kappa shape index (κ3) is 7.02. The highest BCUT2D eigenvalue weighted by atomic mass is 16.5. The molecule has 1 aromatic rings. The number of nitrogens with one attached hydrogen (secondary N) is 2. The smallest absolute Gasteiger partial charge is 0.192 e. The van der Waals surface area contributed by atoms with E-state index >= 15 is 0 Å². The van der Waals surface area contributed by atoms with Gasteiger partial charge in [-0.2, -0.15) is 0 Å². The Morgan fingerprint density at radius 3 is 2.68 bits per heavy atom. The van der Waals surface area contributed by atoms with E-state index in [2.05, 4.69) is 34.7 Å². The zero-order valence-corrected chi connectivity index (χ0v) is 16.2. The molecule has 1 aliphatic carbocycles. The van der Waals surface area contributed by atoms with Gasteiger partial charge >= 0.3 is 0 Å². The summed E-state index contributed by atoms with van der Waals surface area (Å²) < 4.78 is 7.66. The SMILES string of the molecule is Cc1nnc(CN=C(NCCOCCC(C)C)NC2CCCC2)n1C. The molecule has 2 N–H and O–H groups in total. The summed E-state index contributed by atoms with van der Waals surface area (Å²) in [5.41, 5.74) is 0. The van der Waals surface area contributed by atoms with Gasteiger partial charge in [0.05, 0.1) is 6.61 Å². The molecule has 7 heteroatoms. The monoisotopic (exact) mass is 350 g/mol. The van der Waals surface area contributed by atoms with Gasteiger partial charge in [-0.05, 0) is 32.1 Å². The minimum absolute atomic E-state index is 0.521. The van der Waals surface area contributed by atoms with Gasteiger partial charge in [0.25, 0.3) is 0 Å². The molecule has 7 nitrogen and oxygen atoms in total. The van der Waals surface area contributed by atoms with Crippen molar-refractivity contribution in [2.75, 3.05) is 19.8 Å². The van der Waals surface area contributed by atoms with Crippen LogP contribution in [0.25, 0.3) is 0 Å².